The number of imide groups is 1. The smallest absolute Gasteiger partial charge is 0.252 e. The first-order valence-electron chi connectivity index (χ1n) is 8.61. The van der Waals surface area contributed by atoms with Gasteiger partial charge in [-0.1, -0.05) is 17.3 Å². The van der Waals surface area contributed by atoms with Gasteiger partial charge in [-0.05, 0) is 19.1 Å². The minimum Gasteiger partial charge on any atom is -0.506 e. The Labute approximate surface area is 150 Å². The van der Waals surface area contributed by atoms with Crippen molar-refractivity contribution in [2.45, 2.75) is 19.4 Å². The summed E-state index contributed by atoms with van der Waals surface area (Å²) in [4.78, 5) is 30.3. The lowest BCUT2D eigenvalue weighted by molar-refractivity contribution is -0.123. The van der Waals surface area contributed by atoms with Crippen LogP contribution in [0.3, 0.4) is 0 Å². The molecule has 0 saturated carbocycles. The molecule has 8 heteroatoms. The number of piperazine rings is 1. The van der Waals surface area contributed by atoms with Crippen LogP contribution >= 0.6 is 0 Å². The number of aryl methyl sites for hydroxylation is 1. The second-order valence-electron chi connectivity index (χ2n) is 6.59. The van der Waals surface area contributed by atoms with Gasteiger partial charge in [-0.25, -0.2) is 4.90 Å². The molecule has 1 aromatic heterocycles. The number of phenolic OH excluding ortho intramolecular Hbond substituents is 1. The molecule has 2 amide bonds. The number of para-hydroxylation sites is 2. The van der Waals surface area contributed by atoms with Gasteiger partial charge in [-0.3, -0.25) is 14.5 Å². The van der Waals surface area contributed by atoms with E-state index in [4.69, 9.17) is 4.52 Å². The number of aromatic hydroxyl groups is 1. The maximum atomic E-state index is 12.8. The molecule has 3 heterocycles. The van der Waals surface area contributed by atoms with Crippen molar-refractivity contribution in [2.24, 2.45) is 0 Å². The van der Waals surface area contributed by atoms with Crippen LogP contribution in [0.5, 0.6) is 5.75 Å². The summed E-state index contributed by atoms with van der Waals surface area (Å²) in [5, 5.41) is 13.8. The number of aromatic nitrogens is 1. The number of phenols is 1. The quantitative estimate of drug-likeness (QED) is 0.825. The Morgan fingerprint density at radius 1 is 1.15 bits per heavy atom. The monoisotopic (exact) mass is 356 g/mol. The van der Waals surface area contributed by atoms with Crippen molar-refractivity contribution >= 4 is 23.3 Å². The number of nitrogens with zero attached hydrogens (tertiary/aromatic N) is 4. The highest BCUT2D eigenvalue weighted by Crippen LogP contribution is 2.29. The van der Waals surface area contributed by atoms with Gasteiger partial charge in [0, 0.05) is 32.2 Å². The summed E-state index contributed by atoms with van der Waals surface area (Å²) in [6.07, 6.45) is 0.154. The molecular formula is C18H20N4O4. The lowest BCUT2D eigenvalue weighted by Crippen LogP contribution is -2.52. The lowest BCUT2D eigenvalue weighted by Gasteiger charge is -2.38. The van der Waals surface area contributed by atoms with Gasteiger partial charge in [0.1, 0.15) is 11.5 Å². The van der Waals surface area contributed by atoms with Gasteiger partial charge in [0.25, 0.3) is 5.91 Å². The Kier molecular flexibility index (Phi) is 4.12. The van der Waals surface area contributed by atoms with Gasteiger partial charge in [0.15, 0.2) is 5.82 Å². The maximum Gasteiger partial charge on any atom is 0.252 e. The van der Waals surface area contributed by atoms with E-state index in [0.29, 0.717) is 31.9 Å². The molecule has 0 radical (unpaired) electrons. The fraction of sp³-hybridized carbons (Fsp3) is 0.389. The minimum atomic E-state index is -0.467. The minimum absolute atomic E-state index is 0.154. The maximum absolute atomic E-state index is 12.8. The summed E-state index contributed by atoms with van der Waals surface area (Å²) in [6, 6.07) is 8.35. The normalized spacial score (nSPS) is 21.7. The number of benzene rings is 1. The second kappa shape index (κ2) is 6.45. The molecule has 0 aliphatic carbocycles. The topological polar surface area (TPSA) is 90.1 Å². The van der Waals surface area contributed by atoms with E-state index >= 15 is 0 Å². The third kappa shape index (κ3) is 2.82. The van der Waals surface area contributed by atoms with E-state index in [2.05, 4.69) is 10.1 Å². The van der Waals surface area contributed by atoms with Crippen molar-refractivity contribution in [1.29, 1.82) is 0 Å². The predicted molar refractivity (Wildman–Crippen MR) is 94.0 cm³/mol. The molecule has 0 spiro atoms. The van der Waals surface area contributed by atoms with Crippen LogP contribution in [0.4, 0.5) is 11.5 Å². The molecule has 2 aliphatic rings. The first-order chi connectivity index (χ1) is 12.5. The van der Waals surface area contributed by atoms with E-state index in [-0.39, 0.29) is 29.8 Å². The van der Waals surface area contributed by atoms with Gasteiger partial charge in [-0.15, -0.1) is 0 Å². The largest absolute Gasteiger partial charge is 0.506 e. The van der Waals surface area contributed by atoms with Crippen molar-refractivity contribution in [1.82, 2.24) is 10.1 Å². The lowest BCUT2D eigenvalue weighted by atomic mass is 10.1. The van der Waals surface area contributed by atoms with E-state index in [1.165, 1.54) is 0 Å². The Morgan fingerprint density at radius 2 is 1.88 bits per heavy atom. The fourth-order valence-corrected chi connectivity index (χ4v) is 3.61. The van der Waals surface area contributed by atoms with E-state index in [0.717, 1.165) is 10.6 Å². The van der Waals surface area contributed by atoms with Crippen LogP contribution in [0, 0.1) is 6.92 Å². The number of hydrogen-bond acceptors (Lipinski definition) is 7. The molecule has 2 fully saturated rings. The SMILES string of the molecule is Cc1cc(N2C(=O)C[C@H](N3CCN(c4ccccc4O)CC3)C2=O)no1. The van der Waals surface area contributed by atoms with Crippen LogP contribution in [0.25, 0.3) is 0 Å². The van der Waals surface area contributed by atoms with Gasteiger partial charge in [-0.2, -0.15) is 0 Å². The summed E-state index contributed by atoms with van der Waals surface area (Å²) in [6.45, 7) is 4.36. The third-order valence-electron chi connectivity index (χ3n) is 4.94. The van der Waals surface area contributed by atoms with Crippen molar-refractivity contribution in [3.05, 3.63) is 36.1 Å². The number of amides is 2. The molecule has 2 saturated heterocycles. The summed E-state index contributed by atoms with van der Waals surface area (Å²) in [5.41, 5.74) is 0.792. The number of hydrogen-bond donors (Lipinski definition) is 1. The first kappa shape index (κ1) is 16.6. The summed E-state index contributed by atoms with van der Waals surface area (Å²) in [7, 11) is 0. The van der Waals surface area contributed by atoms with E-state index in [1.807, 2.05) is 17.0 Å². The van der Waals surface area contributed by atoms with Crippen LogP contribution in [-0.2, 0) is 9.59 Å². The van der Waals surface area contributed by atoms with Crippen LogP contribution in [0.2, 0.25) is 0 Å². The average Bonchev–Trinajstić information content (AvgIpc) is 3.18. The number of carbonyl (C=O) groups excluding carboxylic acids is 2. The molecule has 8 nitrogen and oxygen atoms in total. The van der Waals surface area contributed by atoms with Gasteiger partial charge < -0.3 is 14.5 Å². The average molecular weight is 356 g/mol. The number of anilines is 2. The van der Waals surface area contributed by atoms with Crippen molar-refractivity contribution in [3.63, 3.8) is 0 Å². The highest BCUT2D eigenvalue weighted by molar-refractivity contribution is 6.21. The Hall–Kier alpha value is -2.87. The van der Waals surface area contributed by atoms with E-state index in [1.54, 1.807) is 25.1 Å². The van der Waals surface area contributed by atoms with Crippen LogP contribution < -0.4 is 9.80 Å². The van der Waals surface area contributed by atoms with Gasteiger partial charge in [0.2, 0.25) is 5.91 Å². The molecule has 1 aromatic carbocycles. The highest BCUT2D eigenvalue weighted by Gasteiger charge is 2.44. The van der Waals surface area contributed by atoms with Gasteiger partial charge >= 0.3 is 0 Å². The molecule has 0 unspecified atom stereocenters. The Bertz CT molecular complexity index is 841. The zero-order valence-corrected chi connectivity index (χ0v) is 14.5. The predicted octanol–water partition coefficient (Wildman–Crippen LogP) is 1.14. The van der Waals surface area contributed by atoms with Crippen LogP contribution in [0.1, 0.15) is 12.2 Å². The van der Waals surface area contributed by atoms with Crippen LogP contribution in [0.15, 0.2) is 34.9 Å². The third-order valence-corrected chi connectivity index (χ3v) is 4.94. The second-order valence-corrected chi connectivity index (χ2v) is 6.59. The molecule has 2 aliphatic heterocycles. The summed E-state index contributed by atoms with van der Waals surface area (Å²) >= 11 is 0. The van der Waals surface area contributed by atoms with Crippen molar-refractivity contribution in [3.8, 4) is 5.75 Å². The number of rotatable bonds is 3. The van der Waals surface area contributed by atoms with E-state index in [9.17, 15) is 14.7 Å². The molecule has 1 N–H and O–H groups in total. The van der Waals surface area contributed by atoms with Crippen molar-refractivity contribution < 1.29 is 19.2 Å². The summed E-state index contributed by atoms with van der Waals surface area (Å²) in [5.74, 6) is 0.560. The molecule has 1 atom stereocenters. The van der Waals surface area contributed by atoms with Crippen molar-refractivity contribution in [2.75, 3.05) is 36.0 Å². The number of carbonyl (C=O) groups is 2. The highest BCUT2D eigenvalue weighted by atomic mass is 16.5. The molecular weight excluding hydrogens is 336 g/mol. The molecule has 4 rings (SSSR count). The zero-order chi connectivity index (χ0) is 18.3. The van der Waals surface area contributed by atoms with E-state index < -0.39 is 6.04 Å². The molecule has 0 bridgehead atoms. The Morgan fingerprint density at radius 3 is 2.54 bits per heavy atom. The Balaban J connectivity index is 1.44. The molecule has 136 valence electrons. The van der Waals surface area contributed by atoms with Gasteiger partial charge in [0.05, 0.1) is 18.2 Å². The molecule has 26 heavy (non-hydrogen) atoms. The summed E-state index contributed by atoms with van der Waals surface area (Å²) < 4.78 is 4.99. The van der Waals surface area contributed by atoms with Crippen LogP contribution in [-0.4, -0.2) is 59.2 Å². The fourth-order valence-electron chi connectivity index (χ4n) is 3.61. The first-order valence-corrected chi connectivity index (χ1v) is 8.61. The zero-order valence-electron chi connectivity index (χ0n) is 14.5. The molecule has 2 aromatic rings. The standard InChI is InChI=1S/C18H20N4O4/c1-12-10-16(19-26-12)22-17(24)11-14(18(22)25)21-8-6-20(7-9-21)13-4-2-3-5-15(13)23/h2-5,10,14,23H,6-9,11H2,1H3/t14-/m0/s1.